The summed E-state index contributed by atoms with van der Waals surface area (Å²) < 4.78 is 5.52. The van der Waals surface area contributed by atoms with Gasteiger partial charge in [-0.1, -0.05) is 32.0 Å². The quantitative estimate of drug-likeness (QED) is 0.900. The van der Waals surface area contributed by atoms with Gasteiger partial charge in [-0.25, -0.2) is 0 Å². The summed E-state index contributed by atoms with van der Waals surface area (Å²) in [6, 6.07) is 9.09. The van der Waals surface area contributed by atoms with Crippen LogP contribution in [0.25, 0.3) is 0 Å². The summed E-state index contributed by atoms with van der Waals surface area (Å²) in [5.41, 5.74) is 7.80. The van der Waals surface area contributed by atoms with Crippen molar-refractivity contribution in [2.45, 2.75) is 51.6 Å². The maximum atomic E-state index is 6.09. The molecule has 1 saturated carbocycles. The van der Waals surface area contributed by atoms with Crippen molar-refractivity contribution < 1.29 is 4.74 Å². The third kappa shape index (κ3) is 3.78. The van der Waals surface area contributed by atoms with Crippen molar-refractivity contribution in [3.63, 3.8) is 0 Å². The van der Waals surface area contributed by atoms with Crippen LogP contribution in [0.2, 0.25) is 0 Å². The van der Waals surface area contributed by atoms with Crippen molar-refractivity contribution in [1.29, 1.82) is 0 Å². The van der Waals surface area contributed by atoms with E-state index in [1.807, 2.05) is 12.1 Å². The van der Waals surface area contributed by atoms with Crippen molar-refractivity contribution in [3.05, 3.63) is 29.8 Å². The summed E-state index contributed by atoms with van der Waals surface area (Å²) in [6.45, 7) is 5.38. The van der Waals surface area contributed by atoms with E-state index in [1.54, 1.807) is 7.11 Å². The molecule has 0 spiro atoms. The fourth-order valence-electron chi connectivity index (χ4n) is 3.50. The summed E-state index contributed by atoms with van der Waals surface area (Å²) >= 11 is 0. The number of likely N-dealkylation sites (N-methyl/N-ethyl adjacent to an activating group) is 1. The Morgan fingerprint density at radius 2 is 1.90 bits per heavy atom. The predicted octanol–water partition coefficient (Wildman–Crippen LogP) is 3.60. The van der Waals surface area contributed by atoms with E-state index in [9.17, 15) is 0 Å². The van der Waals surface area contributed by atoms with Crippen LogP contribution in [0.5, 0.6) is 5.75 Å². The number of para-hydroxylation sites is 1. The molecule has 0 bridgehead atoms. The SMILES string of the molecule is COc1ccccc1C(CN)N(C)C1CCC(C)(C)CC1. The minimum Gasteiger partial charge on any atom is -0.496 e. The van der Waals surface area contributed by atoms with E-state index in [4.69, 9.17) is 10.5 Å². The van der Waals surface area contributed by atoms with Crippen LogP contribution in [-0.2, 0) is 0 Å². The van der Waals surface area contributed by atoms with E-state index in [0.29, 0.717) is 18.0 Å². The zero-order valence-corrected chi connectivity index (χ0v) is 13.9. The van der Waals surface area contributed by atoms with Gasteiger partial charge in [0.25, 0.3) is 0 Å². The second-order valence-electron chi connectivity index (χ2n) is 7.05. The Balaban J connectivity index is 2.14. The topological polar surface area (TPSA) is 38.5 Å². The van der Waals surface area contributed by atoms with Crippen molar-refractivity contribution >= 4 is 0 Å². The Hall–Kier alpha value is -1.06. The molecule has 0 amide bonds. The smallest absolute Gasteiger partial charge is 0.123 e. The molecule has 1 unspecified atom stereocenters. The van der Waals surface area contributed by atoms with Gasteiger partial charge in [-0.15, -0.1) is 0 Å². The van der Waals surface area contributed by atoms with Crippen molar-refractivity contribution in [2.75, 3.05) is 20.7 Å². The molecule has 1 atom stereocenters. The van der Waals surface area contributed by atoms with Crippen LogP contribution in [0.3, 0.4) is 0 Å². The normalized spacial score (nSPS) is 20.5. The van der Waals surface area contributed by atoms with Gasteiger partial charge in [-0.05, 0) is 44.2 Å². The summed E-state index contributed by atoms with van der Waals surface area (Å²) in [5, 5.41) is 0. The van der Waals surface area contributed by atoms with Gasteiger partial charge < -0.3 is 10.5 Å². The van der Waals surface area contributed by atoms with E-state index in [2.05, 4.69) is 37.9 Å². The van der Waals surface area contributed by atoms with Gasteiger partial charge in [0.15, 0.2) is 0 Å². The van der Waals surface area contributed by atoms with Crippen LogP contribution < -0.4 is 10.5 Å². The van der Waals surface area contributed by atoms with Crippen LogP contribution in [0.15, 0.2) is 24.3 Å². The Morgan fingerprint density at radius 1 is 1.29 bits per heavy atom. The maximum Gasteiger partial charge on any atom is 0.123 e. The number of methoxy groups -OCH3 is 1. The highest BCUT2D eigenvalue weighted by molar-refractivity contribution is 5.36. The van der Waals surface area contributed by atoms with Crippen LogP contribution in [0.1, 0.15) is 51.1 Å². The van der Waals surface area contributed by atoms with E-state index in [0.717, 1.165) is 5.75 Å². The van der Waals surface area contributed by atoms with Crippen molar-refractivity contribution in [2.24, 2.45) is 11.1 Å². The Kier molecular flexibility index (Phi) is 5.28. The number of benzene rings is 1. The summed E-state index contributed by atoms with van der Waals surface area (Å²) in [7, 11) is 3.95. The lowest BCUT2D eigenvalue weighted by atomic mass is 9.75. The molecule has 1 aromatic carbocycles. The third-order valence-corrected chi connectivity index (χ3v) is 5.10. The maximum absolute atomic E-state index is 6.09. The summed E-state index contributed by atoms with van der Waals surface area (Å²) in [4.78, 5) is 2.47. The van der Waals surface area contributed by atoms with E-state index in [-0.39, 0.29) is 6.04 Å². The third-order valence-electron chi connectivity index (χ3n) is 5.10. The molecule has 1 aliphatic rings. The van der Waals surface area contributed by atoms with Crippen molar-refractivity contribution in [3.8, 4) is 5.75 Å². The first-order chi connectivity index (χ1) is 9.98. The summed E-state index contributed by atoms with van der Waals surface area (Å²) in [6.07, 6.45) is 5.11. The molecule has 2 N–H and O–H groups in total. The Morgan fingerprint density at radius 3 is 2.48 bits per heavy atom. The van der Waals surface area contributed by atoms with Crippen LogP contribution in [0.4, 0.5) is 0 Å². The van der Waals surface area contributed by atoms with Gasteiger partial charge in [0.2, 0.25) is 0 Å². The molecule has 3 nitrogen and oxygen atoms in total. The monoisotopic (exact) mass is 290 g/mol. The molecule has 0 aliphatic heterocycles. The van der Waals surface area contributed by atoms with Crippen LogP contribution >= 0.6 is 0 Å². The minimum atomic E-state index is 0.229. The fourth-order valence-corrected chi connectivity index (χ4v) is 3.50. The summed E-state index contributed by atoms with van der Waals surface area (Å²) in [5.74, 6) is 0.941. The Bertz CT molecular complexity index is 448. The van der Waals surface area contributed by atoms with Gasteiger partial charge in [-0.3, -0.25) is 4.90 Å². The highest BCUT2D eigenvalue weighted by Crippen LogP contribution is 2.39. The number of hydrogen-bond donors (Lipinski definition) is 1. The number of nitrogens with zero attached hydrogens (tertiary/aromatic N) is 1. The van der Waals surface area contributed by atoms with E-state index >= 15 is 0 Å². The van der Waals surface area contributed by atoms with E-state index in [1.165, 1.54) is 31.2 Å². The van der Waals surface area contributed by atoms with Gasteiger partial charge in [0, 0.05) is 18.2 Å². The van der Waals surface area contributed by atoms with Crippen LogP contribution in [0, 0.1) is 5.41 Å². The molecule has 1 aromatic rings. The molecular formula is C18H30N2O. The fraction of sp³-hybridized carbons (Fsp3) is 0.667. The molecule has 2 rings (SSSR count). The molecule has 21 heavy (non-hydrogen) atoms. The molecule has 0 radical (unpaired) electrons. The van der Waals surface area contributed by atoms with Gasteiger partial charge >= 0.3 is 0 Å². The van der Waals surface area contributed by atoms with Gasteiger partial charge in [0.05, 0.1) is 13.2 Å². The largest absolute Gasteiger partial charge is 0.496 e. The molecule has 0 saturated heterocycles. The second-order valence-corrected chi connectivity index (χ2v) is 7.05. The highest BCUT2D eigenvalue weighted by Gasteiger charge is 2.32. The number of nitrogens with two attached hydrogens (primary N) is 1. The number of ether oxygens (including phenoxy) is 1. The van der Waals surface area contributed by atoms with Gasteiger partial charge in [-0.2, -0.15) is 0 Å². The molecule has 0 heterocycles. The zero-order chi connectivity index (χ0) is 15.5. The minimum absolute atomic E-state index is 0.229. The first kappa shape index (κ1) is 16.3. The average Bonchev–Trinajstić information content (AvgIpc) is 2.48. The lowest BCUT2D eigenvalue weighted by molar-refractivity contribution is 0.0956. The van der Waals surface area contributed by atoms with Crippen molar-refractivity contribution in [1.82, 2.24) is 4.90 Å². The lowest BCUT2D eigenvalue weighted by Gasteiger charge is -2.41. The zero-order valence-electron chi connectivity index (χ0n) is 13.9. The first-order valence-electron chi connectivity index (χ1n) is 8.03. The first-order valence-corrected chi connectivity index (χ1v) is 8.03. The molecule has 3 heteroatoms. The number of rotatable bonds is 5. The Labute approximate surface area is 129 Å². The molecule has 1 fully saturated rings. The van der Waals surface area contributed by atoms with E-state index < -0.39 is 0 Å². The standard InChI is InChI=1S/C18H30N2O/c1-18(2)11-9-14(10-12-18)20(3)16(13-19)15-7-5-6-8-17(15)21-4/h5-8,14,16H,9-13,19H2,1-4H3. The number of hydrogen-bond acceptors (Lipinski definition) is 3. The second kappa shape index (κ2) is 6.80. The van der Waals surface area contributed by atoms with Crippen LogP contribution in [-0.4, -0.2) is 31.6 Å². The highest BCUT2D eigenvalue weighted by atomic mass is 16.5. The molecule has 1 aliphatic carbocycles. The molecule has 0 aromatic heterocycles. The average molecular weight is 290 g/mol. The molecular weight excluding hydrogens is 260 g/mol. The lowest BCUT2D eigenvalue weighted by Crippen LogP contribution is -2.41. The molecule has 118 valence electrons. The van der Waals surface area contributed by atoms with Gasteiger partial charge in [0.1, 0.15) is 5.75 Å². The predicted molar refractivity (Wildman–Crippen MR) is 88.6 cm³/mol.